The number of rotatable bonds is 11. The number of fused-ring (bicyclic) bond motifs is 1. The summed E-state index contributed by atoms with van der Waals surface area (Å²) in [5, 5.41) is 3.98. The van der Waals surface area contributed by atoms with Gasteiger partial charge in [0, 0.05) is 34.0 Å². The van der Waals surface area contributed by atoms with E-state index in [-0.39, 0.29) is 35.7 Å². The number of carbonyl (C=O) groups is 3. The molecule has 3 N–H and O–H groups in total. The molecular weight excluding hydrogens is 640 g/mol. The number of aromatic amines is 2. The van der Waals surface area contributed by atoms with E-state index in [1.165, 1.54) is 43.9 Å². The fraction of sp³-hybridized carbons (Fsp3) is 0.238. The number of anilines is 1. The third-order valence-corrected chi connectivity index (χ3v) is 9.38. The first-order valence-corrected chi connectivity index (χ1v) is 17.5. The lowest BCUT2D eigenvalue weighted by Crippen LogP contribution is -2.17. The zero-order valence-corrected chi connectivity index (χ0v) is 28.3. The fourth-order valence-corrected chi connectivity index (χ4v) is 6.68. The van der Waals surface area contributed by atoms with Crippen LogP contribution >= 0.6 is 0 Å². The van der Waals surface area contributed by atoms with Crippen LogP contribution in [0.5, 0.6) is 0 Å². The molecule has 7 rings (SSSR count). The van der Waals surface area contributed by atoms with E-state index in [9.17, 15) is 14.4 Å². The topological polar surface area (TPSA) is 126 Å². The Morgan fingerprint density at radius 3 is 1.98 bits per heavy atom. The normalized spacial score (nSPS) is 13.4. The number of amides is 1. The average Bonchev–Trinajstić information content (AvgIpc) is 3.73. The maximum Gasteiger partial charge on any atom is 0.338 e. The van der Waals surface area contributed by atoms with Crippen LogP contribution in [0.4, 0.5) is 5.69 Å². The molecule has 0 saturated heterocycles. The lowest BCUT2D eigenvalue weighted by Gasteiger charge is -2.14. The molecule has 6 aromatic rings. The minimum atomic E-state index is -0.636. The van der Waals surface area contributed by atoms with Gasteiger partial charge in [-0.2, -0.15) is 0 Å². The highest BCUT2D eigenvalue weighted by atomic mass is 16.5. The molecule has 9 heteroatoms. The highest BCUT2D eigenvalue weighted by molar-refractivity contribution is 6.06. The van der Waals surface area contributed by atoms with Gasteiger partial charge in [-0.15, -0.1) is 0 Å². The Hall–Kier alpha value is -5.96. The molecule has 2 heterocycles. The van der Waals surface area contributed by atoms with E-state index in [1.54, 1.807) is 0 Å². The summed E-state index contributed by atoms with van der Waals surface area (Å²) in [5.74, 6) is -0.669. The monoisotopic (exact) mass is 680 g/mol. The van der Waals surface area contributed by atoms with Gasteiger partial charge in [-0.25, -0.2) is 14.6 Å². The van der Waals surface area contributed by atoms with Crippen LogP contribution in [0, 0.1) is 5.92 Å². The second kappa shape index (κ2) is 15.7. The molecule has 51 heavy (non-hydrogen) atoms. The first-order chi connectivity index (χ1) is 25.0. The summed E-state index contributed by atoms with van der Waals surface area (Å²) in [7, 11) is 0. The number of aromatic nitrogens is 3. The predicted octanol–water partition coefficient (Wildman–Crippen LogP) is 9.04. The molecule has 1 amide bonds. The van der Waals surface area contributed by atoms with Crippen molar-refractivity contribution in [1.82, 2.24) is 15.0 Å². The van der Waals surface area contributed by atoms with Crippen LogP contribution in [-0.2, 0) is 29.1 Å². The summed E-state index contributed by atoms with van der Waals surface area (Å²) >= 11 is 0. The molecule has 9 nitrogen and oxygen atoms in total. The molecule has 0 aliphatic heterocycles. The molecule has 1 saturated carbocycles. The van der Waals surface area contributed by atoms with E-state index in [1.807, 2.05) is 91.1 Å². The van der Waals surface area contributed by atoms with E-state index in [0.717, 1.165) is 46.1 Å². The zero-order chi connectivity index (χ0) is 35.0. The summed E-state index contributed by atoms with van der Waals surface area (Å²) in [5.41, 5.74) is 5.05. The molecule has 1 aliphatic rings. The largest absolute Gasteiger partial charge is 0.457 e. The predicted molar refractivity (Wildman–Crippen MR) is 196 cm³/mol. The van der Waals surface area contributed by atoms with Gasteiger partial charge in [0.25, 0.3) is 5.91 Å². The third-order valence-electron chi connectivity index (χ3n) is 9.38. The van der Waals surface area contributed by atoms with Crippen LogP contribution in [0.3, 0.4) is 0 Å². The molecule has 0 spiro atoms. The van der Waals surface area contributed by atoms with Gasteiger partial charge in [0.2, 0.25) is 0 Å². The number of esters is 2. The Labute approximate surface area is 296 Å². The van der Waals surface area contributed by atoms with Crippen molar-refractivity contribution in [2.45, 2.75) is 58.2 Å². The van der Waals surface area contributed by atoms with E-state index >= 15 is 0 Å². The van der Waals surface area contributed by atoms with E-state index < -0.39 is 17.8 Å². The van der Waals surface area contributed by atoms with Crippen LogP contribution in [-0.4, -0.2) is 32.8 Å². The van der Waals surface area contributed by atoms with Crippen LogP contribution in [0.25, 0.3) is 22.3 Å². The number of ether oxygens (including phenoxy) is 2. The second-order valence-electron chi connectivity index (χ2n) is 13.1. The van der Waals surface area contributed by atoms with Gasteiger partial charge < -0.3 is 24.8 Å². The summed E-state index contributed by atoms with van der Waals surface area (Å²) in [6.45, 7) is 0.109. The Morgan fingerprint density at radius 1 is 0.725 bits per heavy atom. The van der Waals surface area contributed by atoms with Crippen LogP contribution < -0.4 is 5.32 Å². The van der Waals surface area contributed by atoms with Crippen molar-refractivity contribution in [2.24, 2.45) is 5.92 Å². The van der Waals surface area contributed by atoms with Gasteiger partial charge in [0.15, 0.2) is 0 Å². The molecule has 0 unspecified atom stereocenters. The molecule has 0 bridgehead atoms. The molecule has 1 fully saturated rings. The number of carbonyl (C=O) groups excluding carboxylic acids is 3. The lowest BCUT2D eigenvalue weighted by atomic mass is 9.94. The Morgan fingerprint density at radius 2 is 1.35 bits per heavy atom. The van der Waals surface area contributed by atoms with E-state index in [4.69, 9.17) is 14.5 Å². The standard InChI is InChI=1S/C42H40N4O5/c47-40(38-37(21-28-11-5-1-2-6-12-28)45-39(46-38)32-17-18-36-31(22-32)19-20-43-36)44-35-24-33(41(48)50-26-29-13-7-3-8-14-29)23-34(25-35)42(49)51-27-30-15-9-4-10-16-30/h3-4,7-10,13-20,22-25,28,43H,1-2,5-6,11-12,21,26-27H2,(H,44,47)(H,45,46). The molecule has 4 aromatic carbocycles. The summed E-state index contributed by atoms with van der Waals surface area (Å²) in [6.07, 6.45) is 9.61. The highest BCUT2D eigenvalue weighted by Crippen LogP contribution is 2.30. The molecular formula is C42H40N4O5. The van der Waals surface area contributed by atoms with Crippen molar-refractivity contribution in [3.8, 4) is 11.4 Å². The molecule has 258 valence electrons. The number of nitrogens with one attached hydrogen (secondary N) is 3. The number of hydrogen-bond donors (Lipinski definition) is 3. The maximum atomic E-state index is 14.1. The smallest absolute Gasteiger partial charge is 0.338 e. The van der Waals surface area contributed by atoms with Crippen molar-refractivity contribution in [1.29, 1.82) is 0 Å². The lowest BCUT2D eigenvalue weighted by molar-refractivity contribution is 0.0470. The van der Waals surface area contributed by atoms with Gasteiger partial charge in [-0.3, -0.25) is 4.79 Å². The van der Waals surface area contributed by atoms with Crippen LogP contribution in [0.15, 0.2) is 109 Å². The first kappa shape index (κ1) is 33.5. The fourth-order valence-electron chi connectivity index (χ4n) is 6.68. The van der Waals surface area contributed by atoms with Crippen LogP contribution in [0.1, 0.15) is 86.6 Å². The van der Waals surface area contributed by atoms with E-state index in [0.29, 0.717) is 18.2 Å². The average molecular weight is 681 g/mol. The Balaban J connectivity index is 1.18. The second-order valence-corrected chi connectivity index (χ2v) is 13.1. The number of benzene rings is 4. The van der Waals surface area contributed by atoms with Crippen molar-refractivity contribution in [3.63, 3.8) is 0 Å². The number of H-pyrrole nitrogens is 2. The summed E-state index contributed by atoms with van der Waals surface area (Å²) in [4.78, 5) is 52.3. The number of nitrogens with zero attached hydrogens (tertiary/aromatic N) is 1. The minimum absolute atomic E-state index is 0.0547. The van der Waals surface area contributed by atoms with Gasteiger partial charge >= 0.3 is 11.9 Å². The SMILES string of the molecule is O=C(OCc1ccccc1)c1cc(NC(=O)c2nc(-c3ccc4[nH]ccc4c3)[nH]c2CC2CCCCCC2)cc(C(=O)OCc2ccccc2)c1. The molecule has 0 radical (unpaired) electrons. The highest BCUT2D eigenvalue weighted by Gasteiger charge is 2.24. The summed E-state index contributed by atoms with van der Waals surface area (Å²) in [6, 6.07) is 31.1. The van der Waals surface area contributed by atoms with Crippen molar-refractivity contribution in [3.05, 3.63) is 143 Å². The quantitative estimate of drug-likeness (QED) is 0.0926. The first-order valence-electron chi connectivity index (χ1n) is 17.5. The Kier molecular flexibility index (Phi) is 10.3. The molecule has 2 aromatic heterocycles. The van der Waals surface area contributed by atoms with E-state index in [2.05, 4.69) is 15.3 Å². The van der Waals surface area contributed by atoms with Gasteiger partial charge in [0.05, 0.1) is 11.1 Å². The number of imidazole rings is 1. The van der Waals surface area contributed by atoms with Crippen molar-refractivity contribution in [2.75, 3.05) is 5.32 Å². The number of hydrogen-bond acceptors (Lipinski definition) is 6. The van der Waals surface area contributed by atoms with Crippen molar-refractivity contribution >= 4 is 34.4 Å². The Bertz CT molecular complexity index is 2060. The third kappa shape index (κ3) is 8.44. The summed E-state index contributed by atoms with van der Waals surface area (Å²) < 4.78 is 11.2. The molecule has 0 atom stereocenters. The van der Waals surface area contributed by atoms with Crippen molar-refractivity contribution < 1.29 is 23.9 Å². The van der Waals surface area contributed by atoms with Crippen LogP contribution in [0.2, 0.25) is 0 Å². The zero-order valence-electron chi connectivity index (χ0n) is 28.3. The minimum Gasteiger partial charge on any atom is -0.457 e. The molecule has 1 aliphatic carbocycles. The van der Waals surface area contributed by atoms with Gasteiger partial charge in [-0.1, -0.05) is 99.2 Å². The van der Waals surface area contributed by atoms with Gasteiger partial charge in [-0.05, 0) is 65.9 Å². The maximum absolute atomic E-state index is 14.1. The van der Waals surface area contributed by atoms with Gasteiger partial charge in [0.1, 0.15) is 24.7 Å².